The molecule has 0 amide bonds. The summed E-state index contributed by atoms with van der Waals surface area (Å²) in [5.41, 5.74) is 0. The minimum absolute atomic E-state index is 0.596. The molecule has 0 spiro atoms. The van der Waals surface area contributed by atoms with Crippen LogP contribution in [0.3, 0.4) is 0 Å². The highest BCUT2D eigenvalue weighted by Crippen LogP contribution is 2.21. The third-order valence-corrected chi connectivity index (χ3v) is 13.2. The van der Waals surface area contributed by atoms with Gasteiger partial charge in [-0.3, -0.25) is 0 Å². The fraction of sp³-hybridized carbons (Fsp3) is 0.926. The number of unbranched alkanes of at least 4 members (excludes halogenated alkanes) is 4. The molecule has 248 valence electrons. The first kappa shape index (κ1) is 37.5. The Morgan fingerprint density at radius 2 is 0.814 bits per heavy atom. The quantitative estimate of drug-likeness (QED) is 0.0964. The van der Waals surface area contributed by atoms with Crippen LogP contribution in [0.5, 0.6) is 0 Å². The zero-order valence-corrected chi connectivity index (χ0v) is 29.5. The van der Waals surface area contributed by atoms with Crippen LogP contribution in [-0.2, 0) is 52.5 Å². The topological polar surface area (TPSA) is 143 Å². The van der Waals surface area contributed by atoms with Crippen molar-refractivity contribution in [2.24, 2.45) is 0 Å². The zero-order valence-electron chi connectivity index (χ0n) is 27.5. The van der Waals surface area contributed by atoms with E-state index in [1.807, 2.05) is 50.9 Å². The molecule has 2 rings (SSSR count). The Bertz CT molecular complexity index is 861. The highest BCUT2D eigenvalue weighted by atomic mass is 28.4. The van der Waals surface area contributed by atoms with Crippen molar-refractivity contribution in [3.05, 3.63) is 11.6 Å². The molecule has 0 atom stereocenters. The molecule has 0 radical (unpaired) electrons. The van der Waals surface area contributed by atoms with E-state index in [0.29, 0.717) is 39.6 Å². The molecule has 0 fully saturated rings. The summed E-state index contributed by atoms with van der Waals surface area (Å²) in [7, 11) is -5.21. The summed E-state index contributed by atoms with van der Waals surface area (Å²) in [5.74, 6) is 1.86. The van der Waals surface area contributed by atoms with Gasteiger partial charge in [-0.25, -0.2) is 9.36 Å². The molecular weight excluding hydrogens is 589 g/mol. The molecule has 43 heavy (non-hydrogen) atoms. The Hall–Kier alpha value is -1.67. The highest BCUT2D eigenvalue weighted by molar-refractivity contribution is 6.61. The fourth-order valence-corrected chi connectivity index (χ4v) is 10.5. The van der Waals surface area contributed by atoms with Gasteiger partial charge in [0, 0.05) is 77.7 Å². The van der Waals surface area contributed by atoms with E-state index in [9.17, 15) is 0 Å². The van der Waals surface area contributed by atoms with Crippen molar-refractivity contribution in [3.63, 3.8) is 0 Å². The van der Waals surface area contributed by atoms with Crippen molar-refractivity contribution >= 4 is 17.6 Å². The van der Waals surface area contributed by atoms with Crippen LogP contribution < -0.4 is 0 Å². The summed E-state index contributed by atoms with van der Waals surface area (Å²) in [6, 6.07) is 1.60. The molecule has 0 N–H and O–H groups in total. The predicted molar refractivity (Wildman–Crippen MR) is 166 cm³/mol. The van der Waals surface area contributed by atoms with E-state index in [1.165, 1.54) is 0 Å². The molecule has 0 aliphatic carbocycles. The smallest absolute Gasteiger partial charge is 0.374 e. The van der Waals surface area contributed by atoms with E-state index in [1.54, 1.807) is 0 Å². The Labute approximate surface area is 260 Å². The molecule has 2 aromatic rings. The molecule has 16 heteroatoms. The maximum absolute atomic E-state index is 5.96. The van der Waals surface area contributed by atoms with Crippen LogP contribution in [0.15, 0.2) is 0 Å². The van der Waals surface area contributed by atoms with E-state index in [0.717, 1.165) is 94.6 Å². The van der Waals surface area contributed by atoms with Crippen LogP contribution in [-0.4, -0.2) is 97.7 Å². The van der Waals surface area contributed by atoms with Gasteiger partial charge in [-0.2, -0.15) is 0 Å². The molecule has 14 nitrogen and oxygen atoms in total. The van der Waals surface area contributed by atoms with E-state index >= 15 is 0 Å². The second-order valence-electron chi connectivity index (χ2n) is 10.1. The highest BCUT2D eigenvalue weighted by Gasteiger charge is 2.40. The lowest BCUT2D eigenvalue weighted by molar-refractivity contribution is 0.0698. The SMILES string of the molecule is CCO[Si](CCCCn1nnnc1CCCCCc1nnnn1CCCC[Si](OCC)(OCC)OCC)(OCC)OCC. The maximum atomic E-state index is 5.96. The second kappa shape index (κ2) is 21.9. The van der Waals surface area contributed by atoms with Crippen LogP contribution in [0, 0.1) is 0 Å². The van der Waals surface area contributed by atoms with Gasteiger partial charge in [-0.1, -0.05) is 6.42 Å². The number of hydrogen-bond donors (Lipinski definition) is 0. The third kappa shape index (κ3) is 13.5. The minimum atomic E-state index is -2.61. The summed E-state index contributed by atoms with van der Waals surface area (Å²) in [4.78, 5) is 0. The zero-order chi connectivity index (χ0) is 31.2. The van der Waals surface area contributed by atoms with E-state index in [-0.39, 0.29) is 0 Å². The van der Waals surface area contributed by atoms with E-state index < -0.39 is 17.6 Å². The largest absolute Gasteiger partial charge is 0.500 e. The van der Waals surface area contributed by atoms with Crippen LogP contribution in [0.1, 0.15) is 98.1 Å². The number of tetrazole rings is 2. The molecule has 0 saturated carbocycles. The first-order chi connectivity index (χ1) is 21.0. The maximum Gasteiger partial charge on any atom is 0.500 e. The molecule has 0 bridgehead atoms. The molecule has 2 heterocycles. The van der Waals surface area contributed by atoms with Gasteiger partial charge in [0.05, 0.1) is 0 Å². The summed E-state index contributed by atoms with van der Waals surface area (Å²) in [5, 5.41) is 24.8. The Morgan fingerprint density at radius 3 is 1.14 bits per heavy atom. The van der Waals surface area contributed by atoms with Gasteiger partial charge in [-0.05, 0) is 101 Å². The van der Waals surface area contributed by atoms with Gasteiger partial charge in [0.15, 0.2) is 11.6 Å². The molecule has 2 aromatic heterocycles. The third-order valence-electron chi connectivity index (χ3n) is 6.90. The van der Waals surface area contributed by atoms with Gasteiger partial charge < -0.3 is 26.6 Å². The van der Waals surface area contributed by atoms with Crippen molar-refractivity contribution in [3.8, 4) is 0 Å². The summed E-state index contributed by atoms with van der Waals surface area (Å²) < 4.78 is 39.6. The van der Waals surface area contributed by atoms with Gasteiger partial charge in [-0.15, -0.1) is 10.2 Å². The van der Waals surface area contributed by atoms with Crippen molar-refractivity contribution in [1.82, 2.24) is 40.4 Å². The van der Waals surface area contributed by atoms with Gasteiger partial charge in [0.25, 0.3) is 0 Å². The summed E-state index contributed by atoms with van der Waals surface area (Å²) in [6.07, 6.45) is 8.52. The fourth-order valence-electron chi connectivity index (χ4n) is 5.10. The van der Waals surface area contributed by atoms with Crippen molar-refractivity contribution < 1.29 is 26.6 Å². The molecule has 0 saturated heterocycles. The first-order valence-corrected chi connectivity index (χ1v) is 20.2. The van der Waals surface area contributed by atoms with Crippen molar-refractivity contribution in [2.45, 2.75) is 125 Å². The standard InChI is InChI=1S/C27H56N8O6Si2/c1-7-36-42(37-8-2,38-9-3)24-18-16-22-34-26(28-30-32-34)20-14-13-15-21-27-29-31-33-35(27)23-17-19-25-43(39-10-4,40-11-5)41-12-6/h7-25H2,1-6H3. The lowest BCUT2D eigenvalue weighted by atomic mass is 10.1. The van der Waals surface area contributed by atoms with Crippen LogP contribution in [0.2, 0.25) is 12.1 Å². The van der Waals surface area contributed by atoms with Crippen LogP contribution in [0.25, 0.3) is 0 Å². The molecule has 0 aliphatic heterocycles. The van der Waals surface area contributed by atoms with Gasteiger partial charge in [0.1, 0.15) is 0 Å². The number of aryl methyl sites for hydroxylation is 4. The number of aromatic nitrogens is 8. The summed E-state index contributed by atoms with van der Waals surface area (Å²) >= 11 is 0. The first-order valence-electron chi connectivity index (χ1n) is 16.3. The number of hydrogen-bond acceptors (Lipinski definition) is 12. The minimum Gasteiger partial charge on any atom is -0.374 e. The Kier molecular flexibility index (Phi) is 19.1. The molecule has 0 unspecified atom stereocenters. The lowest BCUT2D eigenvalue weighted by Crippen LogP contribution is -2.45. The van der Waals surface area contributed by atoms with Crippen LogP contribution in [0.4, 0.5) is 0 Å². The average molecular weight is 645 g/mol. The van der Waals surface area contributed by atoms with E-state index in [4.69, 9.17) is 26.6 Å². The average Bonchev–Trinajstić information content (AvgIpc) is 3.63. The number of nitrogens with zero attached hydrogens (tertiary/aromatic N) is 8. The number of rotatable bonds is 28. The normalized spacial score (nSPS) is 12.4. The van der Waals surface area contributed by atoms with Gasteiger partial charge >= 0.3 is 17.6 Å². The van der Waals surface area contributed by atoms with Crippen molar-refractivity contribution in [2.75, 3.05) is 39.6 Å². The Balaban J connectivity index is 1.70. The Morgan fingerprint density at radius 1 is 0.465 bits per heavy atom. The molecule has 0 aromatic carbocycles. The molecule has 0 aliphatic rings. The van der Waals surface area contributed by atoms with Crippen molar-refractivity contribution in [1.29, 1.82) is 0 Å². The summed E-state index contributed by atoms with van der Waals surface area (Å²) in [6.45, 7) is 17.0. The predicted octanol–water partition coefficient (Wildman–Crippen LogP) is 4.27. The van der Waals surface area contributed by atoms with Crippen LogP contribution >= 0.6 is 0 Å². The lowest BCUT2D eigenvalue weighted by Gasteiger charge is -2.28. The van der Waals surface area contributed by atoms with Gasteiger partial charge in [0.2, 0.25) is 0 Å². The second-order valence-corrected chi connectivity index (χ2v) is 15.5. The monoisotopic (exact) mass is 644 g/mol. The molecular formula is C27H56N8O6Si2. The van der Waals surface area contributed by atoms with E-state index in [2.05, 4.69) is 31.1 Å².